The SMILES string of the molecule is CC(=O)Nc1ccc(C2=NNC(=O)CC2)cn1. The smallest absolute Gasteiger partial charge is 0.240 e. The predicted octanol–water partition coefficient (Wildman–Crippen LogP) is 0.654. The molecular formula is C11H12N4O2. The van der Waals surface area contributed by atoms with Crippen molar-refractivity contribution in [1.82, 2.24) is 10.4 Å². The molecule has 1 aliphatic rings. The van der Waals surface area contributed by atoms with Crippen molar-refractivity contribution >= 4 is 23.3 Å². The van der Waals surface area contributed by atoms with Crippen molar-refractivity contribution in [3.05, 3.63) is 23.9 Å². The Kier molecular flexibility index (Phi) is 3.13. The van der Waals surface area contributed by atoms with E-state index in [2.05, 4.69) is 20.8 Å². The van der Waals surface area contributed by atoms with Crippen LogP contribution in [0.15, 0.2) is 23.4 Å². The molecule has 0 aliphatic carbocycles. The fourth-order valence-electron chi connectivity index (χ4n) is 1.50. The summed E-state index contributed by atoms with van der Waals surface area (Å²) < 4.78 is 0. The molecule has 2 amide bonds. The summed E-state index contributed by atoms with van der Waals surface area (Å²) in [5.41, 5.74) is 4.07. The van der Waals surface area contributed by atoms with Crippen LogP contribution < -0.4 is 10.7 Å². The zero-order chi connectivity index (χ0) is 12.3. The molecule has 0 atom stereocenters. The highest BCUT2D eigenvalue weighted by Gasteiger charge is 2.13. The largest absolute Gasteiger partial charge is 0.311 e. The highest BCUT2D eigenvalue weighted by Crippen LogP contribution is 2.11. The zero-order valence-electron chi connectivity index (χ0n) is 9.36. The van der Waals surface area contributed by atoms with E-state index in [9.17, 15) is 9.59 Å². The predicted molar refractivity (Wildman–Crippen MR) is 62.5 cm³/mol. The van der Waals surface area contributed by atoms with Gasteiger partial charge >= 0.3 is 0 Å². The first-order chi connectivity index (χ1) is 8.15. The minimum atomic E-state index is -0.160. The summed E-state index contributed by atoms with van der Waals surface area (Å²) in [6.07, 6.45) is 2.67. The normalized spacial score (nSPS) is 14.9. The highest BCUT2D eigenvalue weighted by atomic mass is 16.2. The molecule has 0 fully saturated rings. The molecule has 2 N–H and O–H groups in total. The molecule has 0 aromatic carbocycles. The van der Waals surface area contributed by atoms with Crippen LogP contribution in [0.2, 0.25) is 0 Å². The molecule has 0 radical (unpaired) electrons. The summed E-state index contributed by atoms with van der Waals surface area (Å²) in [4.78, 5) is 25.8. The van der Waals surface area contributed by atoms with E-state index in [1.807, 2.05) is 6.07 Å². The maximum absolute atomic E-state index is 10.9. The van der Waals surface area contributed by atoms with Gasteiger partial charge in [0, 0.05) is 31.5 Å². The Morgan fingerprint density at radius 1 is 1.41 bits per heavy atom. The van der Waals surface area contributed by atoms with Gasteiger partial charge in [0.05, 0.1) is 5.71 Å². The Balaban J connectivity index is 2.12. The van der Waals surface area contributed by atoms with Crippen molar-refractivity contribution in [3.63, 3.8) is 0 Å². The Morgan fingerprint density at radius 2 is 2.24 bits per heavy atom. The van der Waals surface area contributed by atoms with Gasteiger partial charge in [-0.15, -0.1) is 0 Å². The summed E-state index contributed by atoms with van der Waals surface area (Å²) in [5.74, 6) is 0.269. The summed E-state index contributed by atoms with van der Waals surface area (Å²) in [7, 11) is 0. The maximum atomic E-state index is 10.9. The molecular weight excluding hydrogens is 220 g/mol. The Bertz CT molecular complexity index is 479. The van der Waals surface area contributed by atoms with Crippen molar-refractivity contribution < 1.29 is 9.59 Å². The fourth-order valence-corrected chi connectivity index (χ4v) is 1.50. The van der Waals surface area contributed by atoms with Gasteiger partial charge in [-0.25, -0.2) is 10.4 Å². The van der Waals surface area contributed by atoms with Crippen molar-refractivity contribution in [2.45, 2.75) is 19.8 Å². The topological polar surface area (TPSA) is 83.5 Å². The van der Waals surface area contributed by atoms with E-state index in [-0.39, 0.29) is 11.8 Å². The number of nitrogens with one attached hydrogen (secondary N) is 2. The number of hydrogen-bond acceptors (Lipinski definition) is 4. The number of aromatic nitrogens is 1. The van der Waals surface area contributed by atoms with Crippen molar-refractivity contribution in [2.75, 3.05) is 5.32 Å². The second-order valence-corrected chi connectivity index (χ2v) is 3.71. The minimum absolute atomic E-state index is 0.0726. The van der Waals surface area contributed by atoms with Crippen LogP contribution in [0.3, 0.4) is 0 Å². The molecule has 6 nitrogen and oxygen atoms in total. The van der Waals surface area contributed by atoms with Crippen LogP contribution in [-0.4, -0.2) is 22.5 Å². The number of nitrogens with zero attached hydrogens (tertiary/aromatic N) is 2. The monoisotopic (exact) mass is 232 g/mol. The van der Waals surface area contributed by atoms with Crippen LogP contribution in [-0.2, 0) is 9.59 Å². The molecule has 0 bridgehead atoms. The molecule has 17 heavy (non-hydrogen) atoms. The molecule has 6 heteroatoms. The number of amides is 2. The van der Waals surface area contributed by atoms with Gasteiger partial charge in [0.15, 0.2) is 0 Å². The quantitative estimate of drug-likeness (QED) is 0.785. The molecule has 0 saturated heterocycles. The lowest BCUT2D eigenvalue weighted by Crippen LogP contribution is -2.26. The first kappa shape index (κ1) is 11.3. The third-order valence-corrected chi connectivity index (χ3v) is 2.31. The molecule has 1 aromatic heterocycles. The van der Waals surface area contributed by atoms with E-state index in [1.165, 1.54) is 6.92 Å². The van der Waals surface area contributed by atoms with Crippen LogP contribution in [0.4, 0.5) is 5.82 Å². The van der Waals surface area contributed by atoms with Gasteiger partial charge in [-0.2, -0.15) is 5.10 Å². The molecule has 1 aliphatic heterocycles. The number of carbonyl (C=O) groups excluding carboxylic acids is 2. The Hall–Kier alpha value is -2.24. The van der Waals surface area contributed by atoms with Crippen LogP contribution in [0, 0.1) is 0 Å². The first-order valence-corrected chi connectivity index (χ1v) is 5.24. The van der Waals surface area contributed by atoms with Gasteiger partial charge in [0.1, 0.15) is 5.82 Å². The minimum Gasteiger partial charge on any atom is -0.311 e. The number of carbonyl (C=O) groups is 2. The average molecular weight is 232 g/mol. The number of hydrazone groups is 1. The van der Waals surface area contributed by atoms with E-state index in [0.29, 0.717) is 18.7 Å². The van der Waals surface area contributed by atoms with Crippen LogP contribution in [0.5, 0.6) is 0 Å². The summed E-state index contributed by atoms with van der Waals surface area (Å²) in [5, 5.41) is 6.54. The highest BCUT2D eigenvalue weighted by molar-refractivity contribution is 6.04. The van der Waals surface area contributed by atoms with Gasteiger partial charge in [-0.05, 0) is 12.1 Å². The lowest BCUT2D eigenvalue weighted by molar-refractivity contribution is -0.121. The lowest BCUT2D eigenvalue weighted by Gasteiger charge is -2.11. The third-order valence-electron chi connectivity index (χ3n) is 2.31. The standard InChI is InChI=1S/C11H12N4O2/c1-7(16)13-10-4-2-8(6-12-10)9-3-5-11(17)15-14-9/h2,4,6H,3,5H2,1H3,(H,15,17)(H,12,13,16). The summed E-state index contributed by atoms with van der Waals surface area (Å²) in [6, 6.07) is 3.52. The molecule has 0 unspecified atom stereocenters. The number of pyridine rings is 1. The molecule has 0 spiro atoms. The maximum Gasteiger partial charge on any atom is 0.240 e. The Labute approximate surface area is 98.1 Å². The van der Waals surface area contributed by atoms with E-state index in [0.717, 1.165) is 11.3 Å². The average Bonchev–Trinajstić information content (AvgIpc) is 2.30. The van der Waals surface area contributed by atoms with Crippen LogP contribution in [0.25, 0.3) is 0 Å². The van der Waals surface area contributed by atoms with Crippen molar-refractivity contribution in [3.8, 4) is 0 Å². The zero-order valence-corrected chi connectivity index (χ0v) is 9.36. The summed E-state index contributed by atoms with van der Waals surface area (Å²) >= 11 is 0. The summed E-state index contributed by atoms with van der Waals surface area (Å²) in [6.45, 7) is 1.43. The van der Waals surface area contributed by atoms with E-state index in [4.69, 9.17) is 0 Å². The molecule has 2 rings (SSSR count). The lowest BCUT2D eigenvalue weighted by atomic mass is 10.1. The van der Waals surface area contributed by atoms with Gasteiger partial charge in [0.25, 0.3) is 0 Å². The number of rotatable bonds is 2. The third kappa shape index (κ3) is 2.87. The fraction of sp³-hybridized carbons (Fsp3) is 0.273. The van der Waals surface area contributed by atoms with Gasteiger partial charge in [-0.1, -0.05) is 0 Å². The number of anilines is 1. The van der Waals surface area contributed by atoms with E-state index < -0.39 is 0 Å². The molecule has 0 saturated carbocycles. The molecule has 1 aromatic rings. The number of hydrogen-bond donors (Lipinski definition) is 2. The second kappa shape index (κ2) is 4.73. The first-order valence-electron chi connectivity index (χ1n) is 5.24. The van der Waals surface area contributed by atoms with Crippen molar-refractivity contribution in [2.24, 2.45) is 5.10 Å². The van der Waals surface area contributed by atoms with Gasteiger partial charge < -0.3 is 5.32 Å². The van der Waals surface area contributed by atoms with Crippen molar-refractivity contribution in [1.29, 1.82) is 0 Å². The van der Waals surface area contributed by atoms with E-state index >= 15 is 0 Å². The van der Waals surface area contributed by atoms with E-state index in [1.54, 1.807) is 12.3 Å². The molecule has 88 valence electrons. The Morgan fingerprint density at radius 3 is 2.76 bits per heavy atom. The van der Waals surface area contributed by atoms with Gasteiger partial charge in [0.2, 0.25) is 11.8 Å². The second-order valence-electron chi connectivity index (χ2n) is 3.71. The van der Waals surface area contributed by atoms with Crippen LogP contribution in [0.1, 0.15) is 25.3 Å². The van der Waals surface area contributed by atoms with Crippen LogP contribution >= 0.6 is 0 Å². The van der Waals surface area contributed by atoms with Gasteiger partial charge in [-0.3, -0.25) is 9.59 Å². The molecule has 2 heterocycles.